The first-order valence-corrected chi connectivity index (χ1v) is 5.67. The summed E-state index contributed by atoms with van der Waals surface area (Å²) in [6.45, 7) is 0. The van der Waals surface area contributed by atoms with Gasteiger partial charge in [-0.15, -0.1) is 0 Å². The molecule has 3 rings (SSSR count). The Bertz CT molecular complexity index is 763. The van der Waals surface area contributed by atoms with Gasteiger partial charge in [-0.1, -0.05) is 30.3 Å². The van der Waals surface area contributed by atoms with Gasteiger partial charge < -0.3 is 10.2 Å². The number of hydrogen-bond acceptors (Lipinski definition) is 3. The molecule has 0 aliphatic carbocycles. The summed E-state index contributed by atoms with van der Waals surface area (Å²) in [4.78, 5) is 15.7. The van der Waals surface area contributed by atoms with E-state index in [1.807, 2.05) is 18.2 Å². The van der Waals surface area contributed by atoms with Gasteiger partial charge in [0.1, 0.15) is 5.69 Å². The van der Waals surface area contributed by atoms with Crippen LogP contribution in [-0.4, -0.2) is 25.6 Å². The molecule has 5 heteroatoms. The molecule has 0 radical (unpaired) electrons. The summed E-state index contributed by atoms with van der Waals surface area (Å²) in [5.41, 5.74) is 1.31. The van der Waals surface area contributed by atoms with Crippen LogP contribution >= 0.6 is 0 Å². The molecule has 0 atom stereocenters. The normalized spacial score (nSPS) is 10.7. The van der Waals surface area contributed by atoms with Gasteiger partial charge in [-0.2, -0.15) is 0 Å². The number of carboxylic acids is 1. The highest BCUT2D eigenvalue weighted by molar-refractivity contribution is 5.95. The second-order valence-electron chi connectivity index (χ2n) is 4.07. The van der Waals surface area contributed by atoms with Gasteiger partial charge >= 0.3 is 5.97 Å². The number of aromatic carboxylic acids is 1. The molecule has 2 heterocycles. The molecule has 0 spiro atoms. The van der Waals surface area contributed by atoms with E-state index in [-0.39, 0.29) is 17.1 Å². The molecule has 19 heavy (non-hydrogen) atoms. The fourth-order valence-electron chi connectivity index (χ4n) is 2.05. The number of carboxylic acid groups (broad SMARTS) is 1. The molecule has 3 aromatic rings. The lowest BCUT2D eigenvalue weighted by Gasteiger charge is -2.00. The highest BCUT2D eigenvalue weighted by Gasteiger charge is 2.20. The third kappa shape index (κ3) is 1.72. The van der Waals surface area contributed by atoms with E-state index < -0.39 is 5.97 Å². The number of aromatic hydroxyl groups is 1. The number of imidazole rings is 1. The van der Waals surface area contributed by atoms with Crippen molar-refractivity contribution in [2.75, 3.05) is 0 Å². The van der Waals surface area contributed by atoms with Crippen molar-refractivity contribution in [2.24, 2.45) is 0 Å². The molecule has 0 aliphatic rings. The van der Waals surface area contributed by atoms with Crippen molar-refractivity contribution >= 4 is 11.6 Å². The molecule has 2 aromatic heterocycles. The molecule has 94 valence electrons. The molecule has 0 amide bonds. The molecule has 0 aliphatic heterocycles. The SMILES string of the molecule is O=C(O)c1c(-c2ccccc2)nc2c(O)cccn12. The van der Waals surface area contributed by atoms with Gasteiger partial charge in [0.2, 0.25) is 0 Å². The Morgan fingerprint density at radius 1 is 1.11 bits per heavy atom. The number of carbonyl (C=O) groups is 1. The van der Waals surface area contributed by atoms with Crippen LogP contribution in [-0.2, 0) is 0 Å². The standard InChI is InChI=1S/C14H10N2O3/c17-10-7-4-8-16-12(14(18)19)11(15-13(10)16)9-5-2-1-3-6-9/h1-8,17H,(H,18,19). The first-order valence-electron chi connectivity index (χ1n) is 5.67. The highest BCUT2D eigenvalue weighted by Crippen LogP contribution is 2.27. The maximum absolute atomic E-state index is 11.4. The van der Waals surface area contributed by atoms with Crippen LogP contribution in [0.1, 0.15) is 10.5 Å². The average molecular weight is 254 g/mol. The molecular weight excluding hydrogens is 244 g/mol. The van der Waals surface area contributed by atoms with E-state index in [4.69, 9.17) is 0 Å². The Kier molecular flexibility index (Phi) is 2.45. The number of rotatable bonds is 2. The third-order valence-corrected chi connectivity index (χ3v) is 2.88. The summed E-state index contributed by atoms with van der Waals surface area (Å²) >= 11 is 0. The Morgan fingerprint density at radius 3 is 2.53 bits per heavy atom. The number of benzene rings is 1. The first-order chi connectivity index (χ1) is 9.18. The lowest BCUT2D eigenvalue weighted by molar-refractivity contribution is 0.0690. The van der Waals surface area contributed by atoms with Crippen LogP contribution in [0.4, 0.5) is 0 Å². The van der Waals surface area contributed by atoms with E-state index in [2.05, 4.69) is 4.98 Å². The zero-order valence-corrected chi connectivity index (χ0v) is 9.82. The minimum Gasteiger partial charge on any atom is -0.504 e. The average Bonchev–Trinajstić information content (AvgIpc) is 2.81. The Morgan fingerprint density at radius 2 is 1.84 bits per heavy atom. The first kappa shape index (κ1) is 11.3. The topological polar surface area (TPSA) is 74.8 Å². The minimum atomic E-state index is -1.09. The molecule has 1 aromatic carbocycles. The largest absolute Gasteiger partial charge is 0.504 e. The predicted molar refractivity (Wildman–Crippen MR) is 69.3 cm³/mol. The lowest BCUT2D eigenvalue weighted by Crippen LogP contribution is -2.03. The van der Waals surface area contributed by atoms with Crippen LogP contribution in [0.5, 0.6) is 5.75 Å². The number of aromatic nitrogens is 2. The van der Waals surface area contributed by atoms with Gasteiger partial charge in [0.05, 0.1) is 0 Å². The van der Waals surface area contributed by atoms with Crippen LogP contribution in [0, 0.1) is 0 Å². The quantitative estimate of drug-likeness (QED) is 0.736. The molecule has 2 N–H and O–H groups in total. The Balaban J connectivity index is 2.39. The highest BCUT2D eigenvalue weighted by atomic mass is 16.4. The van der Waals surface area contributed by atoms with Crippen molar-refractivity contribution in [3.05, 3.63) is 54.4 Å². The molecule has 0 saturated heterocycles. The van der Waals surface area contributed by atoms with E-state index in [9.17, 15) is 15.0 Å². The lowest BCUT2D eigenvalue weighted by atomic mass is 10.1. The van der Waals surface area contributed by atoms with Gasteiger partial charge in [0.15, 0.2) is 17.1 Å². The van der Waals surface area contributed by atoms with E-state index in [1.54, 1.807) is 24.4 Å². The Hall–Kier alpha value is -2.82. The Labute approximate surface area is 108 Å². The van der Waals surface area contributed by atoms with E-state index in [0.29, 0.717) is 11.3 Å². The minimum absolute atomic E-state index is 0.0390. The third-order valence-electron chi connectivity index (χ3n) is 2.88. The van der Waals surface area contributed by atoms with Crippen molar-refractivity contribution in [3.8, 4) is 17.0 Å². The summed E-state index contributed by atoms with van der Waals surface area (Å²) in [5.74, 6) is -1.14. The summed E-state index contributed by atoms with van der Waals surface area (Å²) in [6.07, 6.45) is 1.57. The monoisotopic (exact) mass is 254 g/mol. The van der Waals surface area contributed by atoms with Gasteiger partial charge in [-0.25, -0.2) is 9.78 Å². The van der Waals surface area contributed by atoms with Crippen molar-refractivity contribution < 1.29 is 15.0 Å². The van der Waals surface area contributed by atoms with Crippen LogP contribution in [0.15, 0.2) is 48.7 Å². The molecule has 0 unspecified atom stereocenters. The van der Waals surface area contributed by atoms with E-state index >= 15 is 0 Å². The molecule has 5 nitrogen and oxygen atoms in total. The summed E-state index contributed by atoms with van der Waals surface area (Å²) in [5, 5.41) is 19.1. The van der Waals surface area contributed by atoms with Crippen molar-refractivity contribution in [1.29, 1.82) is 0 Å². The van der Waals surface area contributed by atoms with Crippen molar-refractivity contribution in [2.45, 2.75) is 0 Å². The van der Waals surface area contributed by atoms with Gasteiger partial charge in [-0.3, -0.25) is 4.40 Å². The van der Waals surface area contributed by atoms with Crippen LogP contribution in [0.3, 0.4) is 0 Å². The number of pyridine rings is 1. The van der Waals surface area contributed by atoms with Crippen molar-refractivity contribution in [1.82, 2.24) is 9.38 Å². The fourth-order valence-corrected chi connectivity index (χ4v) is 2.05. The molecule has 0 bridgehead atoms. The zero-order chi connectivity index (χ0) is 13.4. The summed E-state index contributed by atoms with van der Waals surface area (Å²) < 4.78 is 1.38. The van der Waals surface area contributed by atoms with Gasteiger partial charge in [0, 0.05) is 11.8 Å². The zero-order valence-electron chi connectivity index (χ0n) is 9.82. The predicted octanol–water partition coefficient (Wildman–Crippen LogP) is 2.41. The summed E-state index contributed by atoms with van der Waals surface area (Å²) in [7, 11) is 0. The maximum atomic E-state index is 11.4. The van der Waals surface area contributed by atoms with E-state index in [1.165, 1.54) is 10.5 Å². The van der Waals surface area contributed by atoms with Crippen LogP contribution < -0.4 is 0 Å². The smallest absolute Gasteiger partial charge is 0.355 e. The van der Waals surface area contributed by atoms with Crippen LogP contribution in [0.25, 0.3) is 16.9 Å². The van der Waals surface area contributed by atoms with E-state index in [0.717, 1.165) is 0 Å². The fraction of sp³-hybridized carbons (Fsp3) is 0. The second-order valence-corrected chi connectivity index (χ2v) is 4.07. The second kappa shape index (κ2) is 4.13. The number of hydrogen-bond donors (Lipinski definition) is 2. The number of nitrogens with zero attached hydrogens (tertiary/aromatic N) is 2. The maximum Gasteiger partial charge on any atom is 0.355 e. The number of fused-ring (bicyclic) bond motifs is 1. The van der Waals surface area contributed by atoms with Gasteiger partial charge in [0.25, 0.3) is 0 Å². The molecule has 0 saturated carbocycles. The van der Waals surface area contributed by atoms with Crippen molar-refractivity contribution in [3.63, 3.8) is 0 Å². The van der Waals surface area contributed by atoms with Crippen LogP contribution in [0.2, 0.25) is 0 Å². The molecule has 0 fully saturated rings. The van der Waals surface area contributed by atoms with Gasteiger partial charge in [-0.05, 0) is 12.1 Å². The summed E-state index contributed by atoms with van der Waals surface area (Å²) in [6, 6.07) is 12.1. The molecular formula is C14H10N2O3.